The van der Waals surface area contributed by atoms with Crippen molar-refractivity contribution in [3.8, 4) is 5.75 Å². The lowest BCUT2D eigenvalue weighted by Gasteiger charge is -2.29. The average molecular weight is 279 g/mol. The van der Waals surface area contributed by atoms with Gasteiger partial charge in [0.05, 0.1) is 5.60 Å². The molecule has 0 aromatic heterocycles. The molecule has 0 spiro atoms. The largest absolute Gasteiger partial charge is 0.484 e. The molecule has 20 heavy (non-hydrogen) atoms. The van der Waals surface area contributed by atoms with Gasteiger partial charge in [-0.05, 0) is 31.4 Å². The standard InChI is InChI=1S/C16H25NO3/c1-5-13(3)16(4,19)11-17-15(18)10-20-14-9-7-6-8-12(14)2/h6-9,13,19H,5,10-11H2,1-4H3,(H,17,18). The zero-order valence-electron chi connectivity index (χ0n) is 12.8. The Hall–Kier alpha value is -1.55. The minimum Gasteiger partial charge on any atom is -0.484 e. The summed E-state index contributed by atoms with van der Waals surface area (Å²) in [6.07, 6.45) is 0.864. The van der Waals surface area contributed by atoms with Gasteiger partial charge >= 0.3 is 0 Å². The van der Waals surface area contributed by atoms with E-state index in [1.165, 1.54) is 0 Å². The van der Waals surface area contributed by atoms with E-state index in [1.807, 2.05) is 45.0 Å². The van der Waals surface area contributed by atoms with E-state index >= 15 is 0 Å². The second kappa shape index (κ2) is 7.29. The van der Waals surface area contributed by atoms with Gasteiger partial charge in [0.1, 0.15) is 5.75 Å². The SMILES string of the molecule is CCC(C)C(C)(O)CNC(=O)COc1ccccc1C. The molecule has 1 rings (SSSR count). The third-order valence-corrected chi connectivity index (χ3v) is 3.77. The molecule has 4 nitrogen and oxygen atoms in total. The van der Waals surface area contributed by atoms with Gasteiger partial charge in [-0.1, -0.05) is 38.5 Å². The first-order valence-corrected chi connectivity index (χ1v) is 7.04. The molecule has 0 fully saturated rings. The van der Waals surface area contributed by atoms with Gasteiger partial charge in [0.2, 0.25) is 0 Å². The van der Waals surface area contributed by atoms with Crippen LogP contribution >= 0.6 is 0 Å². The number of benzene rings is 1. The summed E-state index contributed by atoms with van der Waals surface area (Å²) in [6, 6.07) is 7.55. The molecule has 1 amide bonds. The van der Waals surface area contributed by atoms with Crippen molar-refractivity contribution < 1.29 is 14.6 Å². The number of carbonyl (C=O) groups excluding carboxylic acids is 1. The minimum absolute atomic E-state index is 0.0402. The minimum atomic E-state index is -0.896. The second-order valence-electron chi connectivity index (χ2n) is 5.50. The third-order valence-electron chi connectivity index (χ3n) is 3.77. The van der Waals surface area contributed by atoms with Crippen LogP contribution in [0.3, 0.4) is 0 Å². The van der Waals surface area contributed by atoms with Crippen LogP contribution in [0, 0.1) is 12.8 Å². The number of hydrogen-bond donors (Lipinski definition) is 2. The van der Waals surface area contributed by atoms with Crippen LogP contribution in [0.4, 0.5) is 0 Å². The lowest BCUT2D eigenvalue weighted by atomic mass is 9.89. The molecular weight excluding hydrogens is 254 g/mol. The molecular formula is C16H25NO3. The van der Waals surface area contributed by atoms with Gasteiger partial charge in [0.15, 0.2) is 6.61 Å². The summed E-state index contributed by atoms with van der Waals surface area (Å²) in [5, 5.41) is 12.9. The molecule has 1 aromatic rings. The summed E-state index contributed by atoms with van der Waals surface area (Å²) < 4.78 is 5.46. The Morgan fingerprint density at radius 2 is 2.10 bits per heavy atom. The van der Waals surface area contributed by atoms with Gasteiger partial charge in [-0.3, -0.25) is 4.79 Å². The predicted molar refractivity (Wildman–Crippen MR) is 79.8 cm³/mol. The van der Waals surface area contributed by atoms with Crippen molar-refractivity contribution >= 4 is 5.91 Å². The van der Waals surface area contributed by atoms with Crippen molar-refractivity contribution in [1.82, 2.24) is 5.32 Å². The molecule has 0 radical (unpaired) electrons. The molecule has 0 aliphatic heterocycles. The highest BCUT2D eigenvalue weighted by Crippen LogP contribution is 2.19. The summed E-state index contributed by atoms with van der Waals surface area (Å²) in [5.41, 5.74) is 0.0967. The zero-order chi connectivity index (χ0) is 15.2. The van der Waals surface area contributed by atoms with E-state index in [4.69, 9.17) is 4.74 Å². The lowest BCUT2D eigenvalue weighted by Crippen LogP contribution is -2.46. The van der Waals surface area contributed by atoms with Crippen LogP contribution in [-0.2, 0) is 4.79 Å². The van der Waals surface area contributed by atoms with Crippen LogP contribution in [0.5, 0.6) is 5.75 Å². The Morgan fingerprint density at radius 1 is 1.45 bits per heavy atom. The number of para-hydroxylation sites is 1. The van der Waals surface area contributed by atoms with Gasteiger partial charge < -0.3 is 15.2 Å². The van der Waals surface area contributed by atoms with Crippen LogP contribution in [0.1, 0.15) is 32.8 Å². The van der Waals surface area contributed by atoms with Gasteiger partial charge in [-0.2, -0.15) is 0 Å². The molecule has 2 N–H and O–H groups in total. The van der Waals surface area contributed by atoms with Crippen molar-refractivity contribution in [1.29, 1.82) is 0 Å². The van der Waals surface area contributed by atoms with Crippen molar-refractivity contribution in [2.24, 2.45) is 5.92 Å². The fraction of sp³-hybridized carbons (Fsp3) is 0.562. The van der Waals surface area contributed by atoms with Crippen molar-refractivity contribution in [3.05, 3.63) is 29.8 Å². The van der Waals surface area contributed by atoms with E-state index in [0.29, 0.717) is 5.75 Å². The molecule has 112 valence electrons. The van der Waals surface area contributed by atoms with Gasteiger partial charge in [0.25, 0.3) is 5.91 Å². The number of carbonyl (C=O) groups is 1. The van der Waals surface area contributed by atoms with Gasteiger partial charge in [-0.15, -0.1) is 0 Å². The van der Waals surface area contributed by atoms with Crippen LogP contribution in [0.2, 0.25) is 0 Å². The maximum Gasteiger partial charge on any atom is 0.258 e. The summed E-state index contributed by atoms with van der Waals surface area (Å²) in [4.78, 5) is 11.7. The molecule has 0 saturated heterocycles. The number of rotatable bonds is 7. The van der Waals surface area contributed by atoms with E-state index in [0.717, 1.165) is 12.0 Å². The van der Waals surface area contributed by atoms with Crippen LogP contribution in [-0.4, -0.2) is 29.8 Å². The van der Waals surface area contributed by atoms with Gasteiger partial charge in [0, 0.05) is 6.54 Å². The van der Waals surface area contributed by atoms with Crippen LogP contribution in [0.25, 0.3) is 0 Å². The predicted octanol–water partition coefficient (Wildman–Crippen LogP) is 2.29. The first-order chi connectivity index (χ1) is 9.36. The topological polar surface area (TPSA) is 58.6 Å². The third kappa shape index (κ3) is 4.85. The highest BCUT2D eigenvalue weighted by atomic mass is 16.5. The first kappa shape index (κ1) is 16.5. The monoisotopic (exact) mass is 279 g/mol. The smallest absolute Gasteiger partial charge is 0.258 e. The molecule has 0 heterocycles. The number of amides is 1. The fourth-order valence-electron chi connectivity index (χ4n) is 1.80. The summed E-state index contributed by atoms with van der Waals surface area (Å²) >= 11 is 0. The summed E-state index contributed by atoms with van der Waals surface area (Å²) in [7, 11) is 0. The molecule has 0 aliphatic carbocycles. The van der Waals surface area contributed by atoms with Crippen LogP contribution in [0.15, 0.2) is 24.3 Å². The maximum atomic E-state index is 11.7. The van der Waals surface area contributed by atoms with Crippen molar-refractivity contribution in [3.63, 3.8) is 0 Å². The Balaban J connectivity index is 2.40. The maximum absolute atomic E-state index is 11.7. The molecule has 0 aliphatic rings. The van der Waals surface area contributed by atoms with Crippen LogP contribution < -0.4 is 10.1 Å². The molecule has 1 aromatic carbocycles. The Kier molecular flexibility index (Phi) is 6.02. The van der Waals surface area contributed by atoms with E-state index in [-0.39, 0.29) is 25.0 Å². The van der Waals surface area contributed by atoms with Crippen molar-refractivity contribution in [2.75, 3.05) is 13.2 Å². The molecule has 0 saturated carbocycles. The van der Waals surface area contributed by atoms with Crippen molar-refractivity contribution in [2.45, 2.75) is 39.7 Å². The molecule has 2 unspecified atom stereocenters. The zero-order valence-corrected chi connectivity index (χ0v) is 12.8. The van der Waals surface area contributed by atoms with E-state index < -0.39 is 5.60 Å². The summed E-state index contributed by atoms with van der Waals surface area (Å²) in [5.74, 6) is 0.605. The highest BCUT2D eigenvalue weighted by Gasteiger charge is 2.27. The number of aliphatic hydroxyl groups is 1. The average Bonchev–Trinajstić information content (AvgIpc) is 2.43. The van der Waals surface area contributed by atoms with E-state index in [2.05, 4.69) is 5.32 Å². The van der Waals surface area contributed by atoms with E-state index in [9.17, 15) is 9.90 Å². The first-order valence-electron chi connectivity index (χ1n) is 7.04. The second-order valence-corrected chi connectivity index (χ2v) is 5.50. The Bertz CT molecular complexity index is 443. The quantitative estimate of drug-likeness (QED) is 0.805. The number of hydrogen-bond acceptors (Lipinski definition) is 3. The number of nitrogens with one attached hydrogen (secondary N) is 1. The molecule has 0 bridgehead atoms. The Morgan fingerprint density at radius 3 is 2.70 bits per heavy atom. The summed E-state index contributed by atoms with van der Waals surface area (Å²) in [6.45, 7) is 7.85. The molecule has 2 atom stereocenters. The lowest BCUT2D eigenvalue weighted by molar-refractivity contribution is -0.124. The Labute approximate surface area is 121 Å². The number of ether oxygens (including phenoxy) is 1. The van der Waals surface area contributed by atoms with Gasteiger partial charge in [-0.25, -0.2) is 0 Å². The fourth-order valence-corrected chi connectivity index (χ4v) is 1.80. The normalized spacial score (nSPS) is 15.2. The number of aryl methyl sites for hydroxylation is 1. The molecule has 4 heteroatoms. The van der Waals surface area contributed by atoms with E-state index in [1.54, 1.807) is 6.92 Å². The highest BCUT2D eigenvalue weighted by molar-refractivity contribution is 5.77.